The molecule has 0 unspecified atom stereocenters. The van der Waals surface area contributed by atoms with Crippen LogP contribution in [0.3, 0.4) is 0 Å². The van der Waals surface area contributed by atoms with Crippen LogP contribution in [-0.2, 0) is 4.79 Å². The lowest BCUT2D eigenvalue weighted by molar-refractivity contribution is -0.123. The van der Waals surface area contributed by atoms with Gasteiger partial charge in [-0.1, -0.05) is 6.07 Å². The van der Waals surface area contributed by atoms with Crippen LogP contribution in [0, 0.1) is 27.7 Å². The summed E-state index contributed by atoms with van der Waals surface area (Å²) in [6.07, 6.45) is 1.62. The van der Waals surface area contributed by atoms with E-state index in [0.717, 1.165) is 33.6 Å². The molecule has 1 amide bonds. The van der Waals surface area contributed by atoms with Crippen LogP contribution in [-0.4, -0.2) is 25.8 Å². The van der Waals surface area contributed by atoms with Crippen molar-refractivity contribution in [2.75, 3.05) is 13.7 Å². The van der Waals surface area contributed by atoms with E-state index >= 15 is 0 Å². The molecular weight excluding hydrogens is 316 g/mol. The van der Waals surface area contributed by atoms with Crippen molar-refractivity contribution in [2.45, 2.75) is 27.7 Å². The zero-order valence-electron chi connectivity index (χ0n) is 15.3. The second-order valence-electron chi connectivity index (χ2n) is 6.01. The van der Waals surface area contributed by atoms with Crippen molar-refractivity contribution in [1.82, 2.24) is 5.43 Å². The molecule has 1 N–H and O–H groups in total. The van der Waals surface area contributed by atoms with E-state index < -0.39 is 0 Å². The number of carbonyl (C=O) groups excluding carboxylic acids is 1. The Hall–Kier alpha value is -2.82. The first-order valence-electron chi connectivity index (χ1n) is 8.08. The van der Waals surface area contributed by atoms with Crippen LogP contribution < -0.4 is 14.9 Å². The molecule has 5 nitrogen and oxygen atoms in total. The van der Waals surface area contributed by atoms with Crippen LogP contribution in [0.5, 0.6) is 11.5 Å². The van der Waals surface area contributed by atoms with Crippen molar-refractivity contribution in [3.63, 3.8) is 0 Å². The Morgan fingerprint density at radius 1 is 1.08 bits per heavy atom. The van der Waals surface area contributed by atoms with Crippen LogP contribution in [0.4, 0.5) is 0 Å². The Labute approximate surface area is 148 Å². The third kappa shape index (κ3) is 5.08. The highest BCUT2D eigenvalue weighted by Crippen LogP contribution is 2.22. The fourth-order valence-electron chi connectivity index (χ4n) is 2.55. The molecule has 5 heteroatoms. The van der Waals surface area contributed by atoms with Gasteiger partial charge in [-0.15, -0.1) is 0 Å². The van der Waals surface area contributed by atoms with E-state index in [1.165, 1.54) is 0 Å². The Morgan fingerprint density at radius 2 is 1.76 bits per heavy atom. The number of hydrazone groups is 1. The van der Waals surface area contributed by atoms with Gasteiger partial charge in [0.1, 0.15) is 11.5 Å². The van der Waals surface area contributed by atoms with Crippen molar-refractivity contribution in [3.05, 3.63) is 58.1 Å². The van der Waals surface area contributed by atoms with Crippen molar-refractivity contribution in [1.29, 1.82) is 0 Å². The van der Waals surface area contributed by atoms with Gasteiger partial charge in [-0.25, -0.2) is 5.43 Å². The maximum atomic E-state index is 11.9. The predicted octanol–water partition coefficient (Wildman–Crippen LogP) is 3.46. The molecule has 0 saturated heterocycles. The monoisotopic (exact) mass is 340 g/mol. The SMILES string of the molecule is COc1ccc(/C=N/NC(=O)COc2cc(C)cc(C)c2)c(C)c1C. The smallest absolute Gasteiger partial charge is 0.277 e. The summed E-state index contributed by atoms with van der Waals surface area (Å²) in [4.78, 5) is 11.9. The van der Waals surface area contributed by atoms with Crippen molar-refractivity contribution >= 4 is 12.1 Å². The van der Waals surface area contributed by atoms with Crippen molar-refractivity contribution in [2.24, 2.45) is 5.10 Å². The number of benzene rings is 2. The van der Waals surface area contributed by atoms with Crippen LogP contribution >= 0.6 is 0 Å². The first kappa shape index (κ1) is 18.5. The third-order valence-electron chi connectivity index (χ3n) is 3.96. The highest BCUT2D eigenvalue weighted by Gasteiger charge is 2.06. The molecule has 0 aromatic heterocycles. The first-order valence-corrected chi connectivity index (χ1v) is 8.08. The molecular formula is C20H24N2O3. The summed E-state index contributed by atoms with van der Waals surface area (Å²) in [5.41, 5.74) is 7.71. The van der Waals surface area contributed by atoms with Gasteiger partial charge in [-0.05, 0) is 79.8 Å². The normalized spacial score (nSPS) is 10.8. The summed E-state index contributed by atoms with van der Waals surface area (Å²) in [5, 5.41) is 4.00. The minimum atomic E-state index is -0.307. The second kappa shape index (κ2) is 8.33. The van der Waals surface area contributed by atoms with E-state index in [1.54, 1.807) is 13.3 Å². The third-order valence-corrected chi connectivity index (χ3v) is 3.96. The number of ether oxygens (including phenoxy) is 2. The molecule has 0 aliphatic heterocycles. The average molecular weight is 340 g/mol. The molecule has 25 heavy (non-hydrogen) atoms. The number of amides is 1. The number of rotatable bonds is 6. The Bertz CT molecular complexity index is 778. The molecule has 0 fully saturated rings. The van der Waals surface area contributed by atoms with Gasteiger partial charge >= 0.3 is 0 Å². The largest absolute Gasteiger partial charge is 0.496 e. The molecule has 2 aromatic rings. The number of nitrogens with zero attached hydrogens (tertiary/aromatic N) is 1. The minimum absolute atomic E-state index is 0.0825. The Balaban J connectivity index is 1.91. The average Bonchev–Trinajstić information content (AvgIpc) is 2.56. The summed E-state index contributed by atoms with van der Waals surface area (Å²) in [7, 11) is 1.64. The molecule has 0 heterocycles. The zero-order chi connectivity index (χ0) is 18.4. The van der Waals surface area contributed by atoms with Gasteiger partial charge in [0.05, 0.1) is 13.3 Å². The predicted molar refractivity (Wildman–Crippen MR) is 99.6 cm³/mol. The number of nitrogens with one attached hydrogen (secondary N) is 1. The van der Waals surface area contributed by atoms with Gasteiger partial charge in [0.25, 0.3) is 5.91 Å². The lowest BCUT2D eigenvalue weighted by Gasteiger charge is -2.10. The quantitative estimate of drug-likeness (QED) is 0.647. The maximum absolute atomic E-state index is 11.9. The molecule has 0 atom stereocenters. The molecule has 2 aromatic carbocycles. The van der Waals surface area contributed by atoms with E-state index in [1.807, 2.05) is 52.0 Å². The van der Waals surface area contributed by atoms with Crippen LogP contribution in [0.25, 0.3) is 0 Å². The molecule has 132 valence electrons. The lowest BCUT2D eigenvalue weighted by Crippen LogP contribution is -2.24. The fourth-order valence-corrected chi connectivity index (χ4v) is 2.55. The van der Waals surface area contributed by atoms with Crippen LogP contribution in [0.2, 0.25) is 0 Å². The summed E-state index contributed by atoms with van der Waals surface area (Å²) in [5.74, 6) is 1.21. The summed E-state index contributed by atoms with van der Waals surface area (Å²) in [6.45, 7) is 7.87. The summed E-state index contributed by atoms with van der Waals surface area (Å²) < 4.78 is 10.8. The van der Waals surface area contributed by atoms with E-state index in [0.29, 0.717) is 5.75 Å². The number of carbonyl (C=O) groups is 1. The van der Waals surface area contributed by atoms with E-state index in [-0.39, 0.29) is 12.5 Å². The van der Waals surface area contributed by atoms with Crippen LogP contribution in [0.1, 0.15) is 27.8 Å². The number of methoxy groups -OCH3 is 1. The molecule has 2 rings (SSSR count). The molecule has 0 spiro atoms. The van der Waals surface area contributed by atoms with Crippen molar-refractivity contribution < 1.29 is 14.3 Å². The zero-order valence-corrected chi connectivity index (χ0v) is 15.3. The van der Waals surface area contributed by atoms with Crippen molar-refractivity contribution in [3.8, 4) is 11.5 Å². The minimum Gasteiger partial charge on any atom is -0.496 e. The Morgan fingerprint density at radius 3 is 2.40 bits per heavy atom. The molecule has 0 radical (unpaired) electrons. The Kier molecular flexibility index (Phi) is 6.17. The molecule has 0 aliphatic carbocycles. The fraction of sp³-hybridized carbons (Fsp3) is 0.300. The number of hydrogen-bond donors (Lipinski definition) is 1. The van der Waals surface area contributed by atoms with Gasteiger partial charge in [-0.2, -0.15) is 5.10 Å². The van der Waals surface area contributed by atoms with Gasteiger partial charge in [0.15, 0.2) is 6.61 Å². The first-order chi connectivity index (χ1) is 11.9. The highest BCUT2D eigenvalue weighted by atomic mass is 16.5. The topological polar surface area (TPSA) is 59.9 Å². The molecule has 0 aliphatic rings. The van der Waals surface area contributed by atoms with Gasteiger partial charge in [0, 0.05) is 0 Å². The van der Waals surface area contributed by atoms with Gasteiger partial charge in [-0.3, -0.25) is 4.79 Å². The maximum Gasteiger partial charge on any atom is 0.277 e. The number of hydrogen-bond acceptors (Lipinski definition) is 4. The van der Waals surface area contributed by atoms with E-state index in [9.17, 15) is 4.79 Å². The van der Waals surface area contributed by atoms with E-state index in [2.05, 4.69) is 16.6 Å². The molecule has 0 saturated carbocycles. The summed E-state index contributed by atoms with van der Waals surface area (Å²) >= 11 is 0. The highest BCUT2D eigenvalue weighted by molar-refractivity contribution is 5.85. The van der Waals surface area contributed by atoms with E-state index in [4.69, 9.17) is 9.47 Å². The second-order valence-corrected chi connectivity index (χ2v) is 6.01. The molecule has 0 bridgehead atoms. The number of aryl methyl sites for hydroxylation is 2. The lowest BCUT2D eigenvalue weighted by atomic mass is 10.0. The van der Waals surface area contributed by atoms with Gasteiger partial charge < -0.3 is 9.47 Å². The standard InChI is InChI=1S/C20H24N2O3/c1-13-8-14(2)10-18(9-13)25-12-20(23)22-21-11-17-6-7-19(24-5)16(4)15(17)3/h6-11H,12H2,1-5H3,(H,22,23)/b21-11+. The van der Waals surface area contributed by atoms with Gasteiger partial charge in [0.2, 0.25) is 0 Å². The summed E-state index contributed by atoms with van der Waals surface area (Å²) in [6, 6.07) is 9.63. The van der Waals surface area contributed by atoms with Crippen LogP contribution in [0.15, 0.2) is 35.4 Å².